The number of hydrogen-bond acceptors (Lipinski definition) is 6. The number of hydrogen-bond donors (Lipinski definition) is 0. The van der Waals surface area contributed by atoms with Crippen LogP contribution in [-0.4, -0.2) is 62.7 Å². The van der Waals surface area contributed by atoms with Crippen LogP contribution in [0.15, 0.2) is 35.0 Å². The van der Waals surface area contributed by atoms with Crippen molar-refractivity contribution in [2.45, 2.75) is 55.9 Å². The van der Waals surface area contributed by atoms with E-state index in [1.807, 2.05) is 25.3 Å². The molecule has 6 nitrogen and oxygen atoms in total. The van der Waals surface area contributed by atoms with Crippen molar-refractivity contribution in [2.24, 2.45) is 11.8 Å². The van der Waals surface area contributed by atoms with Gasteiger partial charge in [0.25, 0.3) is 5.92 Å². The highest BCUT2D eigenvalue weighted by molar-refractivity contribution is 8.05. The Bertz CT molecular complexity index is 1130. The molecule has 2 saturated heterocycles. The normalized spacial score (nSPS) is 27.6. The standard InChI is InChI=1S/C25H29ClF2N4O2S/c1-16-18(13-32(30-16)23-20(3-2-8-29-23)33-14-17-4-5-17)12-31-9-6-24(7-10-31)22-19(11-21(26)35-22)25(27,28)15-34-24/h2-3,8,11,13,17,19,22H,4-7,9-10,12,14-15H2,1H3. The highest BCUT2D eigenvalue weighted by Crippen LogP contribution is 2.56. The van der Waals surface area contributed by atoms with Crippen molar-refractivity contribution in [1.82, 2.24) is 19.7 Å². The van der Waals surface area contributed by atoms with Crippen LogP contribution in [0.4, 0.5) is 8.78 Å². The van der Waals surface area contributed by atoms with Crippen LogP contribution in [0.2, 0.25) is 0 Å². The second kappa shape index (κ2) is 9.01. The first-order valence-electron chi connectivity index (χ1n) is 12.2. The van der Waals surface area contributed by atoms with Gasteiger partial charge in [-0.05, 0) is 56.7 Å². The van der Waals surface area contributed by atoms with Gasteiger partial charge >= 0.3 is 0 Å². The molecule has 0 N–H and O–H groups in total. The fourth-order valence-corrected chi connectivity index (χ4v) is 7.17. The van der Waals surface area contributed by atoms with E-state index in [1.165, 1.54) is 30.7 Å². The van der Waals surface area contributed by atoms with Gasteiger partial charge in [0.1, 0.15) is 6.61 Å². The zero-order chi connectivity index (χ0) is 24.2. The van der Waals surface area contributed by atoms with Crippen LogP contribution in [0.3, 0.4) is 0 Å². The van der Waals surface area contributed by atoms with Crippen LogP contribution in [-0.2, 0) is 11.3 Å². The first-order chi connectivity index (χ1) is 16.8. The van der Waals surface area contributed by atoms with Crippen LogP contribution in [0.25, 0.3) is 5.82 Å². The Morgan fingerprint density at radius 1 is 1.29 bits per heavy atom. The van der Waals surface area contributed by atoms with Crippen LogP contribution in [0.1, 0.15) is 36.9 Å². The van der Waals surface area contributed by atoms with Crippen LogP contribution in [0, 0.1) is 18.8 Å². The lowest BCUT2D eigenvalue weighted by Crippen LogP contribution is -2.61. The monoisotopic (exact) mass is 522 g/mol. The Balaban J connectivity index is 1.13. The summed E-state index contributed by atoms with van der Waals surface area (Å²) in [6.45, 7) is 4.48. The molecule has 10 heteroatoms. The van der Waals surface area contributed by atoms with Gasteiger partial charge in [-0.2, -0.15) is 5.10 Å². The molecule has 0 bridgehead atoms. The van der Waals surface area contributed by atoms with Crippen molar-refractivity contribution in [2.75, 3.05) is 26.3 Å². The number of piperidine rings is 1. The maximum Gasteiger partial charge on any atom is 0.278 e. The molecule has 0 amide bonds. The molecule has 3 aliphatic heterocycles. The molecule has 2 unspecified atom stereocenters. The molecule has 35 heavy (non-hydrogen) atoms. The minimum atomic E-state index is -2.87. The van der Waals surface area contributed by atoms with E-state index < -0.39 is 24.0 Å². The summed E-state index contributed by atoms with van der Waals surface area (Å²) < 4.78 is 43.1. The van der Waals surface area contributed by atoms with Crippen molar-refractivity contribution in [3.05, 3.63) is 46.2 Å². The molecule has 6 rings (SSSR count). The predicted octanol–water partition coefficient (Wildman–Crippen LogP) is 5.18. The minimum absolute atomic E-state index is 0.330. The first-order valence-corrected chi connectivity index (χ1v) is 13.5. The van der Waals surface area contributed by atoms with Gasteiger partial charge in [-0.3, -0.25) is 4.90 Å². The summed E-state index contributed by atoms with van der Waals surface area (Å²) >= 11 is 7.52. The van der Waals surface area contributed by atoms with E-state index in [0.29, 0.717) is 28.9 Å². The third kappa shape index (κ3) is 4.61. The molecule has 2 atom stereocenters. The third-order valence-electron chi connectivity index (χ3n) is 7.67. The van der Waals surface area contributed by atoms with Gasteiger partial charge < -0.3 is 9.47 Å². The molecule has 2 aromatic heterocycles. The number of alkyl halides is 2. The van der Waals surface area contributed by atoms with Crippen molar-refractivity contribution in [3.8, 4) is 11.6 Å². The highest BCUT2D eigenvalue weighted by Gasteiger charge is 2.60. The lowest BCUT2D eigenvalue weighted by atomic mass is 9.77. The number of thioether (sulfide) groups is 1. The summed E-state index contributed by atoms with van der Waals surface area (Å²) in [5.41, 5.74) is 1.51. The number of pyridine rings is 1. The maximum atomic E-state index is 14.5. The molecule has 4 aliphatic rings. The number of rotatable bonds is 6. The molecule has 0 radical (unpaired) electrons. The maximum absolute atomic E-state index is 14.5. The lowest BCUT2D eigenvalue weighted by molar-refractivity contribution is -0.215. The Kier molecular flexibility index (Phi) is 6.10. The molecule has 3 fully saturated rings. The molecule has 188 valence electrons. The zero-order valence-corrected chi connectivity index (χ0v) is 21.2. The number of aryl methyl sites for hydroxylation is 1. The number of ether oxygens (including phenoxy) is 2. The summed E-state index contributed by atoms with van der Waals surface area (Å²) in [5, 5.41) is 4.39. The quantitative estimate of drug-likeness (QED) is 0.521. The molecule has 5 heterocycles. The molecule has 1 spiro atoms. The Hall–Kier alpha value is -1.68. The number of nitrogens with zero attached hydrogens (tertiary/aromatic N) is 4. The second-order valence-electron chi connectivity index (χ2n) is 10.2. The molecular weight excluding hydrogens is 494 g/mol. The van der Waals surface area contributed by atoms with Gasteiger partial charge in [0.2, 0.25) is 0 Å². The topological polar surface area (TPSA) is 52.4 Å². The average Bonchev–Trinajstić information content (AvgIpc) is 3.48. The molecule has 1 saturated carbocycles. The molecular formula is C25H29ClF2N4O2S. The van der Waals surface area contributed by atoms with Crippen LogP contribution >= 0.6 is 23.4 Å². The largest absolute Gasteiger partial charge is 0.489 e. The zero-order valence-electron chi connectivity index (χ0n) is 19.6. The second-order valence-corrected chi connectivity index (χ2v) is 12.0. The highest BCUT2D eigenvalue weighted by atomic mass is 35.5. The van der Waals surface area contributed by atoms with Gasteiger partial charge in [-0.25, -0.2) is 18.4 Å². The van der Waals surface area contributed by atoms with Crippen molar-refractivity contribution < 1.29 is 18.3 Å². The number of halogens is 3. The molecule has 0 aromatic carbocycles. The van der Waals surface area contributed by atoms with E-state index in [1.54, 1.807) is 10.9 Å². The summed E-state index contributed by atoms with van der Waals surface area (Å²) in [6, 6.07) is 3.82. The van der Waals surface area contributed by atoms with E-state index in [-0.39, 0.29) is 5.25 Å². The van der Waals surface area contributed by atoms with Gasteiger partial charge in [0, 0.05) is 37.6 Å². The van der Waals surface area contributed by atoms with Crippen LogP contribution in [0.5, 0.6) is 5.75 Å². The van der Waals surface area contributed by atoms with Crippen molar-refractivity contribution in [1.29, 1.82) is 0 Å². The number of aromatic nitrogens is 3. The molecule has 1 aliphatic carbocycles. The summed E-state index contributed by atoms with van der Waals surface area (Å²) in [5.74, 6) is -1.62. The number of allylic oxidation sites excluding steroid dienone is 1. The van der Waals surface area contributed by atoms with Gasteiger partial charge in [-0.1, -0.05) is 11.6 Å². The number of likely N-dealkylation sites (tertiary alicyclic amines) is 1. The predicted molar refractivity (Wildman–Crippen MR) is 131 cm³/mol. The fraction of sp³-hybridized carbons (Fsp3) is 0.600. The summed E-state index contributed by atoms with van der Waals surface area (Å²) in [7, 11) is 0. The van der Waals surface area contributed by atoms with E-state index in [9.17, 15) is 8.78 Å². The number of fused-ring (bicyclic) bond motifs is 2. The Morgan fingerprint density at radius 3 is 2.86 bits per heavy atom. The Labute approximate surface area is 213 Å². The fourth-order valence-electron chi connectivity index (χ4n) is 5.34. The molecule has 2 aromatic rings. The SMILES string of the molecule is Cc1nn(-c2ncccc2OCC2CC2)cc1CN1CCC2(CC1)OCC(F)(F)C1C=C(Cl)SC12. The van der Waals surface area contributed by atoms with E-state index in [4.69, 9.17) is 26.2 Å². The average molecular weight is 523 g/mol. The Morgan fingerprint density at radius 2 is 2.09 bits per heavy atom. The minimum Gasteiger partial charge on any atom is -0.489 e. The van der Waals surface area contributed by atoms with Crippen molar-refractivity contribution >= 4 is 23.4 Å². The van der Waals surface area contributed by atoms with Gasteiger partial charge in [0.15, 0.2) is 11.6 Å². The first kappa shape index (κ1) is 23.7. The summed E-state index contributed by atoms with van der Waals surface area (Å²) in [4.78, 5) is 6.87. The summed E-state index contributed by atoms with van der Waals surface area (Å²) in [6.07, 6.45) is 9.19. The smallest absolute Gasteiger partial charge is 0.278 e. The third-order valence-corrected chi connectivity index (χ3v) is 9.40. The lowest BCUT2D eigenvalue weighted by Gasteiger charge is -2.51. The van der Waals surface area contributed by atoms with E-state index in [0.717, 1.165) is 43.2 Å². The van der Waals surface area contributed by atoms with E-state index >= 15 is 0 Å². The van der Waals surface area contributed by atoms with Crippen LogP contribution < -0.4 is 4.74 Å². The van der Waals surface area contributed by atoms with Crippen molar-refractivity contribution in [3.63, 3.8) is 0 Å². The van der Waals surface area contributed by atoms with Gasteiger partial charge in [0.05, 0.1) is 33.4 Å². The van der Waals surface area contributed by atoms with E-state index in [2.05, 4.69) is 9.88 Å². The van der Waals surface area contributed by atoms with Gasteiger partial charge in [-0.15, -0.1) is 11.8 Å².